The van der Waals surface area contributed by atoms with Crippen LogP contribution in [0.4, 0.5) is 22.7 Å². The number of H-pyrrole nitrogens is 6. The minimum absolute atomic E-state index is 0. The first-order valence-corrected chi connectivity index (χ1v) is 31.0. The van der Waals surface area contributed by atoms with E-state index in [2.05, 4.69) is 69.8 Å². The number of hydrogen-bond donors (Lipinski definition) is 8. The van der Waals surface area contributed by atoms with Gasteiger partial charge in [0.25, 0.3) is 20.2 Å². The zero-order chi connectivity index (χ0) is 60.6. The van der Waals surface area contributed by atoms with E-state index in [0.717, 1.165) is 36.4 Å². The van der Waals surface area contributed by atoms with Gasteiger partial charge in [0.2, 0.25) is 33.7 Å². The van der Waals surface area contributed by atoms with E-state index in [1.807, 2.05) is 0 Å². The largest absolute Gasteiger partial charge is 1.00 e. The normalized spacial score (nSPS) is 13.9. The summed E-state index contributed by atoms with van der Waals surface area (Å²) < 4.78 is 215. The first-order chi connectivity index (χ1) is 38.0. The van der Waals surface area contributed by atoms with Crippen LogP contribution in [-0.4, -0.2) is 146 Å². The van der Waals surface area contributed by atoms with Crippen LogP contribution in [0.3, 0.4) is 0 Å². The molecule has 6 rings (SSSR count). The Morgan fingerprint density at radius 2 is 0.716 bits per heavy atom. The standard InChI is InChI=1S/C42H46N14O20S6.6Na/c1-23(57)43-15-3-17-45-37-51-39(55-41(53-37)49-31-21-29(77(59,60)61)11-13-33(31)79(65,66)67)47-27-9-7-25(35(19-27)81(71,72)73)5-6-26-8-10-28(20-36(26)82(74,75)76)48-40-52-38(46-18-4-16-44-24(2)58)54-42(56-40)50-32-22-30(78(62,63)64)12-14-34(32)80(68,69)70;;;;;;/h5-14,19-22H,3-4,15-18H2,1-2H3,(H,43,57)(H,44,58)(H,59,60,61)(H,62,63,64)(H,65,66,67)(H,68,69,70)(H,71,72,73)(H,74,75,76)(H3,45,47,49,51,53,55)(H3,46,48,50,52,54,56);;;;;;/q;6*+1/p-6. The number of aromatic amines is 6. The average Bonchev–Trinajstić information content (AvgIpc) is 3.47. The molecule has 0 radical (unpaired) electrons. The van der Waals surface area contributed by atoms with Gasteiger partial charge in [-0.05, 0) is 110 Å². The fourth-order valence-electron chi connectivity index (χ4n) is 6.73. The molecule has 34 nitrogen and oxygen atoms in total. The monoisotopic (exact) mass is 1390 g/mol. The molecule has 2 aromatic heterocycles. The van der Waals surface area contributed by atoms with Crippen molar-refractivity contribution in [2.45, 2.75) is 56.1 Å². The molecule has 46 heteroatoms. The third kappa shape index (κ3) is 26.7. The smallest absolute Gasteiger partial charge is 0.862 e. The topological polar surface area (TPSA) is 577 Å². The maximum Gasteiger partial charge on any atom is 1.00 e. The Hall–Kier alpha value is -2.16. The molecule has 0 aliphatic carbocycles. The molecule has 2 heterocycles. The molecular weight excluding hydrogens is 1350 g/mol. The summed E-state index contributed by atoms with van der Waals surface area (Å²) in [6.07, 6.45) is 2.43. The Morgan fingerprint density at radius 3 is 1.00 bits per heavy atom. The molecule has 0 bridgehead atoms. The number of aromatic nitrogens is 6. The van der Waals surface area contributed by atoms with Crippen molar-refractivity contribution in [3.05, 3.63) is 118 Å². The second-order valence-electron chi connectivity index (χ2n) is 16.4. The van der Waals surface area contributed by atoms with Gasteiger partial charge in [0.15, 0.2) is 0 Å². The van der Waals surface area contributed by atoms with Crippen molar-refractivity contribution in [3.8, 4) is 0 Å². The van der Waals surface area contributed by atoms with Crippen molar-refractivity contribution in [1.29, 1.82) is 0 Å². The molecule has 4 aromatic carbocycles. The van der Waals surface area contributed by atoms with Gasteiger partial charge in [-0.2, -0.15) is 16.8 Å². The van der Waals surface area contributed by atoms with Gasteiger partial charge < -0.3 is 38.4 Å². The average molecular weight is 1390 g/mol. The van der Waals surface area contributed by atoms with E-state index in [4.69, 9.17) is 0 Å². The number of hydrogen-bond acceptors (Lipinski definition) is 26. The van der Waals surface area contributed by atoms with Crippen molar-refractivity contribution in [2.24, 2.45) is 39.9 Å². The molecule has 0 atom stereocenters. The fourth-order valence-corrected chi connectivity index (χ4v) is 10.3. The van der Waals surface area contributed by atoms with Crippen molar-refractivity contribution >= 4 is 107 Å². The van der Waals surface area contributed by atoms with E-state index in [0.29, 0.717) is 36.4 Å². The second-order valence-corrected chi connectivity index (χ2v) is 24.6. The predicted octanol–water partition coefficient (Wildman–Crippen LogP) is -21.0. The van der Waals surface area contributed by atoms with Crippen LogP contribution >= 0.6 is 0 Å². The molecule has 88 heavy (non-hydrogen) atoms. The molecule has 8 N–H and O–H groups in total. The first kappa shape index (κ1) is 85.8. The van der Waals surface area contributed by atoms with Crippen LogP contribution in [0.5, 0.6) is 0 Å². The summed E-state index contributed by atoms with van der Waals surface area (Å²) in [5.74, 6) is -0.923. The number of nitrogens with one attached hydrogen (secondary N) is 6. The van der Waals surface area contributed by atoms with Gasteiger partial charge in [-0.1, -0.05) is 24.3 Å². The van der Waals surface area contributed by atoms with Gasteiger partial charge in [-0.3, -0.25) is 49.0 Å². The summed E-state index contributed by atoms with van der Waals surface area (Å²) in [6, 6.07) is 9.44. The van der Waals surface area contributed by atoms with E-state index in [1.165, 1.54) is 26.0 Å². The van der Waals surface area contributed by atoms with Crippen LogP contribution in [0.2, 0.25) is 0 Å². The van der Waals surface area contributed by atoms with Gasteiger partial charge in [-0.25, -0.2) is 53.6 Å². The summed E-state index contributed by atoms with van der Waals surface area (Å²) in [5, 5.41) is 22.5. The SMILES string of the molecule is CC([O-])=NCCCN=c1[nH]c(=Nc2ccc(C=Cc3ccc(N=c4[nH]c(=NCCCN=C(C)[O-])[nH]c(=Nc5cc(S(=O)(=O)[O-])ccc5S(=O)(=O)[O-])[nH]4)cc3S(=O)(=O)O)c(S(=O)(=O)O)c2)[nH]c(=Nc2cc(S(=O)(=O)[O-])ccc2S(=O)(=O)[O-])[nH]1.[Na+].[Na+].[Na+].[Na+].[Na+].[Na+]. The molecule has 440 valence electrons. The van der Waals surface area contributed by atoms with Gasteiger partial charge in [-0.15, -0.1) is 0 Å². The molecule has 0 fully saturated rings. The van der Waals surface area contributed by atoms with Crippen LogP contribution in [0, 0.1) is 0 Å². The first-order valence-electron chi connectivity index (χ1n) is 22.5. The second kappa shape index (κ2) is 36.5. The van der Waals surface area contributed by atoms with Gasteiger partial charge >= 0.3 is 177 Å². The third-order valence-electron chi connectivity index (χ3n) is 10.2. The van der Waals surface area contributed by atoms with Gasteiger partial charge in [0.05, 0.1) is 42.3 Å². The minimum Gasteiger partial charge on any atom is -0.862 e. The summed E-state index contributed by atoms with van der Waals surface area (Å²) in [6.45, 7) is 2.47. The van der Waals surface area contributed by atoms with Crippen LogP contribution in [0.15, 0.2) is 142 Å². The summed E-state index contributed by atoms with van der Waals surface area (Å²) in [5.41, 5.74) is -5.00. The number of nitrogens with zero attached hydrogens (tertiary/aromatic N) is 8. The molecular formula is C42H40N14Na6O20S6. The van der Waals surface area contributed by atoms with E-state index in [1.54, 1.807) is 0 Å². The van der Waals surface area contributed by atoms with Crippen LogP contribution in [0.1, 0.15) is 37.8 Å². The Morgan fingerprint density at radius 1 is 0.409 bits per heavy atom. The van der Waals surface area contributed by atoms with Gasteiger partial charge in [0.1, 0.15) is 50.3 Å². The Balaban J connectivity index is 0.0000126. The van der Waals surface area contributed by atoms with E-state index in [-0.39, 0.29) is 261 Å². The Bertz CT molecular complexity index is 4490. The van der Waals surface area contributed by atoms with Crippen LogP contribution in [-0.2, 0) is 60.7 Å². The zero-order valence-corrected chi connectivity index (χ0v) is 64.5. The van der Waals surface area contributed by atoms with Crippen molar-refractivity contribution < 1.29 is 265 Å². The van der Waals surface area contributed by atoms with Gasteiger partial charge in [0, 0.05) is 26.2 Å². The fraction of sp³-hybridized carbons (Fsp3) is 0.190. The van der Waals surface area contributed by atoms with E-state index < -0.39 is 124 Å². The van der Waals surface area contributed by atoms with Crippen molar-refractivity contribution in [1.82, 2.24) is 29.9 Å². The molecule has 0 aliphatic heterocycles. The Labute approximate surface area is 633 Å². The quantitative estimate of drug-likeness (QED) is 0.00878. The molecule has 0 unspecified atom stereocenters. The maximum atomic E-state index is 12.8. The molecule has 0 saturated carbocycles. The molecule has 6 aromatic rings. The van der Waals surface area contributed by atoms with E-state index in [9.17, 15) is 88.0 Å². The number of benzene rings is 4. The number of aliphatic imine (C=N–C) groups is 2. The zero-order valence-electron chi connectivity index (χ0n) is 47.6. The van der Waals surface area contributed by atoms with Crippen molar-refractivity contribution in [2.75, 3.05) is 26.2 Å². The summed E-state index contributed by atoms with van der Waals surface area (Å²) in [7, 11) is -31.5. The minimum atomic E-state index is -5.36. The third-order valence-corrected chi connectivity index (χ3v) is 15.4. The van der Waals surface area contributed by atoms with Crippen molar-refractivity contribution in [3.63, 3.8) is 0 Å². The van der Waals surface area contributed by atoms with Crippen LogP contribution < -0.4 is 221 Å². The summed E-state index contributed by atoms with van der Waals surface area (Å²) in [4.78, 5) is 42.2. The van der Waals surface area contributed by atoms with Crippen LogP contribution in [0.25, 0.3) is 12.2 Å². The summed E-state index contributed by atoms with van der Waals surface area (Å²) >= 11 is 0. The molecule has 0 saturated heterocycles. The number of rotatable bonds is 20. The molecule has 0 aliphatic rings. The predicted molar refractivity (Wildman–Crippen MR) is 272 cm³/mol. The molecule has 0 spiro atoms. The van der Waals surface area contributed by atoms with E-state index >= 15 is 0 Å². The maximum absolute atomic E-state index is 12.8. The molecule has 0 amide bonds. The Kier molecular flexibility index (Phi) is 35.6.